The maximum absolute atomic E-state index is 7.65. The first-order valence-corrected chi connectivity index (χ1v) is 4.68. The van der Waals surface area contributed by atoms with E-state index in [1.54, 1.807) is 19.1 Å². The second-order valence-electron chi connectivity index (χ2n) is 3.52. The van der Waals surface area contributed by atoms with E-state index in [1.165, 1.54) is 0 Å². The van der Waals surface area contributed by atoms with Crippen LogP contribution in [0.4, 0.5) is 5.69 Å². The molecule has 1 aromatic rings. The zero-order valence-electron chi connectivity index (χ0n) is 8.67. The maximum Gasteiger partial charge on any atom is 0.187 e. The van der Waals surface area contributed by atoms with Crippen molar-refractivity contribution in [1.82, 2.24) is 0 Å². The second kappa shape index (κ2) is 5.06. The van der Waals surface area contributed by atoms with Crippen molar-refractivity contribution < 1.29 is 0 Å². The van der Waals surface area contributed by atoms with E-state index in [9.17, 15) is 0 Å². The quantitative estimate of drug-likeness (QED) is 0.552. The molecule has 1 aromatic carbocycles. The summed E-state index contributed by atoms with van der Waals surface area (Å²) in [4.78, 5) is 3.30. The predicted octanol–water partition coefficient (Wildman–Crippen LogP) is 3.23. The van der Waals surface area contributed by atoms with Gasteiger partial charge in [-0.3, -0.25) is 0 Å². The number of hydrogen-bond acceptors (Lipinski definition) is 2. The number of benzene rings is 1. The minimum Gasteiger partial charge on any atom is -0.310 e. The van der Waals surface area contributed by atoms with Gasteiger partial charge in [-0.15, -0.1) is 0 Å². The summed E-state index contributed by atoms with van der Waals surface area (Å²) in [6, 6.07) is 7.24. The molecule has 76 valence electrons. The summed E-state index contributed by atoms with van der Waals surface area (Å²) in [6.07, 6.45) is 0.999. The summed E-state index contributed by atoms with van der Waals surface area (Å²) in [5, 5.41) is 14.9. The summed E-state index contributed by atoms with van der Waals surface area (Å²) < 4.78 is 0. The van der Waals surface area contributed by atoms with Crippen molar-refractivity contribution in [3.63, 3.8) is 0 Å². The van der Waals surface area contributed by atoms with Crippen molar-refractivity contribution in [3.05, 3.63) is 41.2 Å². The van der Waals surface area contributed by atoms with Crippen molar-refractivity contribution in [3.8, 4) is 0 Å². The van der Waals surface area contributed by atoms with Gasteiger partial charge in [-0.1, -0.05) is 24.3 Å². The SMILES string of the molecule is [C-]#[N+]c1ccc(CC(=N)CC(C)=N)cc1. The summed E-state index contributed by atoms with van der Waals surface area (Å²) in [5.74, 6) is 0. The molecule has 0 atom stereocenters. The Labute approximate surface area is 89.6 Å². The molecule has 0 aliphatic heterocycles. The van der Waals surface area contributed by atoms with Crippen LogP contribution in [0.5, 0.6) is 0 Å². The molecule has 2 N–H and O–H groups in total. The Hall–Kier alpha value is -1.95. The zero-order valence-corrected chi connectivity index (χ0v) is 8.67. The molecule has 0 aromatic heterocycles. The summed E-state index contributed by atoms with van der Waals surface area (Å²) in [7, 11) is 0. The average Bonchev–Trinajstić information content (AvgIpc) is 2.17. The summed E-state index contributed by atoms with van der Waals surface area (Å²) >= 11 is 0. The third-order valence-corrected chi connectivity index (χ3v) is 1.96. The van der Waals surface area contributed by atoms with Crippen molar-refractivity contribution in [2.45, 2.75) is 19.8 Å². The van der Waals surface area contributed by atoms with Gasteiger partial charge >= 0.3 is 0 Å². The molecule has 0 spiro atoms. The molecule has 0 heterocycles. The Morgan fingerprint density at radius 2 is 1.87 bits per heavy atom. The topological polar surface area (TPSA) is 52.1 Å². The van der Waals surface area contributed by atoms with E-state index < -0.39 is 0 Å². The van der Waals surface area contributed by atoms with Crippen molar-refractivity contribution in [1.29, 1.82) is 10.8 Å². The molecule has 0 saturated heterocycles. The smallest absolute Gasteiger partial charge is 0.187 e. The van der Waals surface area contributed by atoms with E-state index in [-0.39, 0.29) is 0 Å². The van der Waals surface area contributed by atoms with Gasteiger partial charge in [-0.2, -0.15) is 0 Å². The second-order valence-corrected chi connectivity index (χ2v) is 3.52. The fraction of sp³-hybridized carbons (Fsp3) is 0.250. The predicted molar refractivity (Wildman–Crippen MR) is 62.2 cm³/mol. The molecule has 15 heavy (non-hydrogen) atoms. The first-order chi connectivity index (χ1) is 7.11. The highest BCUT2D eigenvalue weighted by Gasteiger charge is 2.01. The Kier molecular flexibility index (Phi) is 3.75. The molecule has 0 aliphatic carbocycles. The highest BCUT2D eigenvalue weighted by atomic mass is 14.6. The fourth-order valence-electron chi connectivity index (χ4n) is 1.32. The van der Waals surface area contributed by atoms with Gasteiger partial charge in [0.2, 0.25) is 0 Å². The van der Waals surface area contributed by atoms with E-state index >= 15 is 0 Å². The first kappa shape index (κ1) is 11.1. The molecule has 0 amide bonds. The van der Waals surface area contributed by atoms with Crippen molar-refractivity contribution >= 4 is 17.1 Å². The van der Waals surface area contributed by atoms with Crippen LogP contribution in [0.2, 0.25) is 0 Å². The van der Waals surface area contributed by atoms with Crippen LogP contribution in [-0.2, 0) is 6.42 Å². The van der Waals surface area contributed by atoms with Crippen LogP contribution in [0.3, 0.4) is 0 Å². The van der Waals surface area contributed by atoms with Gasteiger partial charge in [-0.25, -0.2) is 4.85 Å². The van der Waals surface area contributed by atoms with Crippen LogP contribution in [0.25, 0.3) is 4.85 Å². The third kappa shape index (κ3) is 3.74. The minimum absolute atomic E-state index is 0.435. The van der Waals surface area contributed by atoms with Gasteiger partial charge < -0.3 is 10.8 Å². The maximum atomic E-state index is 7.65. The molecule has 0 saturated carbocycles. The molecule has 0 aliphatic rings. The Morgan fingerprint density at radius 1 is 1.27 bits per heavy atom. The van der Waals surface area contributed by atoms with E-state index in [1.807, 2.05) is 12.1 Å². The highest BCUT2D eigenvalue weighted by Crippen LogP contribution is 2.13. The van der Waals surface area contributed by atoms with E-state index in [4.69, 9.17) is 17.4 Å². The molecule has 3 heteroatoms. The molecular formula is C12H13N3. The summed E-state index contributed by atoms with van der Waals surface area (Å²) in [5.41, 5.74) is 2.69. The van der Waals surface area contributed by atoms with Gasteiger partial charge in [0.15, 0.2) is 5.69 Å². The standard InChI is InChI=1S/C12H13N3/c1-9(13)7-11(14)8-10-3-5-12(15-2)6-4-10/h3-6,13-14H,7-8H2,1H3. The minimum atomic E-state index is 0.435. The lowest BCUT2D eigenvalue weighted by Gasteiger charge is -2.03. The normalized spacial score (nSPS) is 9.33. The van der Waals surface area contributed by atoms with Gasteiger partial charge in [0.05, 0.1) is 6.57 Å². The first-order valence-electron chi connectivity index (χ1n) is 4.68. The lowest BCUT2D eigenvalue weighted by Crippen LogP contribution is -2.05. The molecule has 3 nitrogen and oxygen atoms in total. The van der Waals surface area contributed by atoms with Gasteiger partial charge in [0.1, 0.15) is 0 Å². The van der Waals surface area contributed by atoms with Gasteiger partial charge in [0.25, 0.3) is 0 Å². The molecule has 0 fully saturated rings. The number of nitrogens with zero attached hydrogens (tertiary/aromatic N) is 1. The molecular weight excluding hydrogens is 186 g/mol. The van der Waals surface area contributed by atoms with Crippen LogP contribution >= 0.6 is 0 Å². The lowest BCUT2D eigenvalue weighted by atomic mass is 10.0. The monoisotopic (exact) mass is 199 g/mol. The Balaban J connectivity index is 2.62. The lowest BCUT2D eigenvalue weighted by molar-refractivity contribution is 1.22. The fourth-order valence-corrected chi connectivity index (χ4v) is 1.32. The van der Waals surface area contributed by atoms with Crippen LogP contribution in [0, 0.1) is 17.4 Å². The van der Waals surface area contributed by atoms with Crippen LogP contribution in [0.15, 0.2) is 24.3 Å². The Morgan fingerprint density at radius 3 is 2.33 bits per heavy atom. The van der Waals surface area contributed by atoms with Gasteiger partial charge in [0, 0.05) is 24.3 Å². The van der Waals surface area contributed by atoms with Crippen molar-refractivity contribution in [2.24, 2.45) is 0 Å². The van der Waals surface area contributed by atoms with Crippen LogP contribution in [0.1, 0.15) is 18.9 Å². The molecule has 0 bridgehead atoms. The zero-order chi connectivity index (χ0) is 11.3. The van der Waals surface area contributed by atoms with Crippen LogP contribution in [-0.4, -0.2) is 11.4 Å². The number of nitrogens with one attached hydrogen (secondary N) is 2. The molecule has 0 radical (unpaired) electrons. The van der Waals surface area contributed by atoms with E-state index in [0.29, 0.717) is 30.0 Å². The summed E-state index contributed by atoms with van der Waals surface area (Å²) in [6.45, 7) is 8.51. The highest BCUT2D eigenvalue weighted by molar-refractivity contribution is 6.01. The third-order valence-electron chi connectivity index (χ3n) is 1.96. The van der Waals surface area contributed by atoms with Crippen LogP contribution < -0.4 is 0 Å². The van der Waals surface area contributed by atoms with Gasteiger partial charge in [-0.05, 0) is 12.5 Å². The largest absolute Gasteiger partial charge is 0.310 e. The average molecular weight is 199 g/mol. The van der Waals surface area contributed by atoms with Crippen molar-refractivity contribution in [2.75, 3.05) is 0 Å². The number of hydrogen-bond donors (Lipinski definition) is 2. The number of rotatable bonds is 4. The van der Waals surface area contributed by atoms with E-state index in [2.05, 4.69) is 4.85 Å². The Bertz CT molecular complexity index is 409. The van der Waals surface area contributed by atoms with E-state index in [0.717, 1.165) is 5.56 Å². The molecule has 1 rings (SSSR count). The molecule has 0 unspecified atom stereocenters.